The first-order valence-electron chi connectivity index (χ1n) is 6.90. The highest BCUT2D eigenvalue weighted by atomic mass is 16.5. The third-order valence-corrected chi connectivity index (χ3v) is 3.55. The summed E-state index contributed by atoms with van der Waals surface area (Å²) in [6, 6.07) is 0.566. The van der Waals surface area contributed by atoms with E-state index in [1.165, 1.54) is 0 Å². The van der Waals surface area contributed by atoms with E-state index in [1.54, 1.807) is 21.3 Å². The highest BCUT2D eigenvalue weighted by Gasteiger charge is 2.28. The lowest BCUT2D eigenvalue weighted by atomic mass is 9.96. The van der Waals surface area contributed by atoms with Crippen LogP contribution in [-0.2, 0) is 14.2 Å². The fourth-order valence-corrected chi connectivity index (χ4v) is 2.28. The van der Waals surface area contributed by atoms with Crippen LogP contribution in [0.3, 0.4) is 0 Å². The Bertz CT molecular complexity index is 225. The highest BCUT2D eigenvalue weighted by Crippen LogP contribution is 2.20. The van der Waals surface area contributed by atoms with Gasteiger partial charge in [-0.2, -0.15) is 0 Å². The van der Waals surface area contributed by atoms with Gasteiger partial charge in [-0.3, -0.25) is 4.90 Å². The summed E-state index contributed by atoms with van der Waals surface area (Å²) in [5.41, 5.74) is 5.78. The van der Waals surface area contributed by atoms with Crippen molar-refractivity contribution in [1.29, 1.82) is 0 Å². The molecule has 0 rings (SSSR count). The molecule has 5 heteroatoms. The molecule has 0 heterocycles. The summed E-state index contributed by atoms with van der Waals surface area (Å²) in [4.78, 5) is 2.35. The molecule has 2 N–H and O–H groups in total. The van der Waals surface area contributed by atoms with Crippen LogP contribution in [0.15, 0.2) is 0 Å². The zero-order valence-corrected chi connectivity index (χ0v) is 13.4. The van der Waals surface area contributed by atoms with Crippen LogP contribution in [0.25, 0.3) is 0 Å². The Balaban J connectivity index is 4.75. The molecular formula is C14H32N2O3. The molecule has 2 unspecified atom stereocenters. The fourth-order valence-electron chi connectivity index (χ4n) is 2.28. The smallest absolute Gasteiger partial charge is 0.0638 e. The number of hydrogen-bond acceptors (Lipinski definition) is 5. The highest BCUT2D eigenvalue weighted by molar-refractivity contribution is 4.84. The number of hydrogen-bond donors (Lipinski definition) is 1. The van der Waals surface area contributed by atoms with Crippen LogP contribution < -0.4 is 5.73 Å². The van der Waals surface area contributed by atoms with Gasteiger partial charge < -0.3 is 19.9 Å². The third-order valence-electron chi connectivity index (χ3n) is 3.55. The van der Waals surface area contributed by atoms with Gasteiger partial charge in [-0.25, -0.2) is 0 Å². The number of nitrogens with zero attached hydrogens (tertiary/aromatic N) is 1. The molecule has 0 aromatic rings. The Kier molecular flexibility index (Phi) is 9.56. The van der Waals surface area contributed by atoms with Crippen molar-refractivity contribution in [2.24, 2.45) is 5.73 Å². The van der Waals surface area contributed by atoms with Gasteiger partial charge in [0.2, 0.25) is 0 Å². The van der Waals surface area contributed by atoms with Crippen LogP contribution in [0, 0.1) is 0 Å². The van der Waals surface area contributed by atoms with Crippen LogP contribution in [0.2, 0.25) is 0 Å². The van der Waals surface area contributed by atoms with Gasteiger partial charge in [0.1, 0.15) is 0 Å². The lowest BCUT2D eigenvalue weighted by Crippen LogP contribution is -2.51. The van der Waals surface area contributed by atoms with Crippen molar-refractivity contribution < 1.29 is 14.2 Å². The Morgan fingerprint density at radius 3 is 2.21 bits per heavy atom. The van der Waals surface area contributed by atoms with Crippen molar-refractivity contribution in [3.63, 3.8) is 0 Å². The second kappa shape index (κ2) is 9.66. The molecule has 5 nitrogen and oxygen atoms in total. The predicted octanol–water partition coefficient (Wildman–Crippen LogP) is 1.11. The number of ether oxygens (including phenoxy) is 3. The molecule has 0 aliphatic carbocycles. The van der Waals surface area contributed by atoms with E-state index in [1.807, 2.05) is 0 Å². The number of nitrogens with two attached hydrogens (primary N) is 1. The van der Waals surface area contributed by atoms with Gasteiger partial charge in [0.05, 0.1) is 18.8 Å². The summed E-state index contributed by atoms with van der Waals surface area (Å²) in [7, 11) is 5.18. The molecule has 19 heavy (non-hydrogen) atoms. The van der Waals surface area contributed by atoms with Crippen LogP contribution >= 0.6 is 0 Å². The third kappa shape index (κ3) is 7.22. The van der Waals surface area contributed by atoms with E-state index in [0.717, 1.165) is 13.0 Å². The maximum atomic E-state index is 5.96. The van der Waals surface area contributed by atoms with Crippen molar-refractivity contribution in [1.82, 2.24) is 4.90 Å². The van der Waals surface area contributed by atoms with Crippen LogP contribution in [0.4, 0.5) is 0 Å². The van der Waals surface area contributed by atoms with Crippen molar-refractivity contribution in [3.8, 4) is 0 Å². The molecule has 0 aromatic carbocycles. The monoisotopic (exact) mass is 276 g/mol. The summed E-state index contributed by atoms with van der Waals surface area (Å²) in [6.07, 6.45) is 0.887. The molecular weight excluding hydrogens is 244 g/mol. The van der Waals surface area contributed by atoms with Crippen LogP contribution in [-0.4, -0.2) is 70.2 Å². The second-order valence-corrected chi connectivity index (χ2v) is 5.59. The summed E-state index contributed by atoms with van der Waals surface area (Å²) >= 11 is 0. The topological polar surface area (TPSA) is 57.0 Å². The van der Waals surface area contributed by atoms with Gasteiger partial charge in [0, 0.05) is 46.5 Å². The SMILES string of the molecule is COCCN(C(C)COC)C(CN)CC(C)(C)OC. The average Bonchev–Trinajstić information content (AvgIpc) is 2.38. The molecule has 0 aliphatic rings. The largest absolute Gasteiger partial charge is 0.383 e. The lowest BCUT2D eigenvalue weighted by molar-refractivity contribution is -0.0240. The van der Waals surface area contributed by atoms with E-state index in [2.05, 4.69) is 25.7 Å². The van der Waals surface area contributed by atoms with Crippen LogP contribution in [0.1, 0.15) is 27.2 Å². The zero-order chi connectivity index (χ0) is 14.9. The lowest BCUT2D eigenvalue weighted by Gasteiger charge is -2.39. The molecule has 0 aliphatic heterocycles. The molecule has 0 bridgehead atoms. The Morgan fingerprint density at radius 2 is 1.79 bits per heavy atom. The van der Waals surface area contributed by atoms with Crippen molar-refractivity contribution in [2.45, 2.75) is 44.9 Å². The van der Waals surface area contributed by atoms with Crippen molar-refractivity contribution >= 4 is 0 Å². The maximum Gasteiger partial charge on any atom is 0.0638 e. The van der Waals surface area contributed by atoms with Crippen molar-refractivity contribution in [2.75, 3.05) is 47.6 Å². The normalized spacial score (nSPS) is 15.8. The van der Waals surface area contributed by atoms with E-state index in [4.69, 9.17) is 19.9 Å². The first-order valence-corrected chi connectivity index (χ1v) is 6.90. The standard InChI is InChI=1S/C14H32N2O3/c1-12(11-18-5)16(7-8-17-4)13(10-15)9-14(2,3)19-6/h12-13H,7-11,15H2,1-6H3. The van der Waals surface area contributed by atoms with Gasteiger partial charge in [-0.1, -0.05) is 0 Å². The molecule has 0 amide bonds. The number of methoxy groups -OCH3 is 3. The summed E-state index contributed by atoms with van der Waals surface area (Å²) in [6.45, 7) is 9.16. The molecule has 0 fully saturated rings. The van der Waals surface area contributed by atoms with Crippen LogP contribution in [0.5, 0.6) is 0 Å². The molecule has 2 atom stereocenters. The fraction of sp³-hybridized carbons (Fsp3) is 1.00. The predicted molar refractivity (Wildman–Crippen MR) is 78.5 cm³/mol. The molecule has 0 spiro atoms. The van der Waals surface area contributed by atoms with E-state index >= 15 is 0 Å². The van der Waals surface area contributed by atoms with E-state index in [9.17, 15) is 0 Å². The minimum absolute atomic E-state index is 0.178. The van der Waals surface area contributed by atoms with Gasteiger partial charge in [-0.05, 0) is 27.2 Å². The first-order chi connectivity index (χ1) is 8.91. The average molecular weight is 276 g/mol. The Morgan fingerprint density at radius 1 is 1.16 bits per heavy atom. The van der Waals surface area contributed by atoms with Crippen molar-refractivity contribution in [3.05, 3.63) is 0 Å². The first kappa shape index (κ1) is 18.8. The minimum atomic E-state index is -0.178. The number of rotatable bonds is 11. The van der Waals surface area contributed by atoms with E-state index < -0.39 is 0 Å². The zero-order valence-electron chi connectivity index (χ0n) is 13.4. The quantitative estimate of drug-likeness (QED) is 0.613. The van der Waals surface area contributed by atoms with Gasteiger partial charge in [0.25, 0.3) is 0 Å². The summed E-state index contributed by atoms with van der Waals surface area (Å²) in [5, 5.41) is 0. The molecule has 0 aromatic heterocycles. The molecule has 0 saturated heterocycles. The maximum absolute atomic E-state index is 5.96. The molecule has 0 radical (unpaired) electrons. The van der Waals surface area contributed by atoms with Gasteiger partial charge in [0.15, 0.2) is 0 Å². The Labute approximate surface area is 118 Å². The van der Waals surface area contributed by atoms with Gasteiger partial charge in [-0.15, -0.1) is 0 Å². The van der Waals surface area contributed by atoms with Gasteiger partial charge >= 0.3 is 0 Å². The minimum Gasteiger partial charge on any atom is -0.383 e. The molecule has 116 valence electrons. The molecule has 0 saturated carbocycles. The second-order valence-electron chi connectivity index (χ2n) is 5.59. The Hall–Kier alpha value is -0.200. The van der Waals surface area contributed by atoms with E-state index in [0.29, 0.717) is 25.8 Å². The summed E-state index contributed by atoms with van der Waals surface area (Å²) < 4.78 is 16.0. The summed E-state index contributed by atoms with van der Waals surface area (Å²) in [5.74, 6) is 0. The van der Waals surface area contributed by atoms with E-state index in [-0.39, 0.29) is 11.6 Å².